The molecular weight excluding hydrogens is 271 g/mol. The van der Waals surface area contributed by atoms with Crippen LogP contribution >= 0.6 is 11.6 Å². The van der Waals surface area contributed by atoms with Crippen molar-refractivity contribution in [2.75, 3.05) is 26.8 Å². The van der Waals surface area contributed by atoms with Gasteiger partial charge in [-0.15, -0.1) is 0 Å². The Kier molecular flexibility index (Phi) is 6.77. The van der Waals surface area contributed by atoms with Crippen molar-refractivity contribution in [2.24, 2.45) is 0 Å². The lowest BCUT2D eigenvalue weighted by Crippen LogP contribution is -2.36. The number of hydrogen-bond donors (Lipinski definition) is 2. The smallest absolute Gasteiger partial charge is 0.234 e. The van der Waals surface area contributed by atoms with Crippen LogP contribution in [0.1, 0.15) is 18.5 Å². The van der Waals surface area contributed by atoms with Gasteiger partial charge in [0.05, 0.1) is 19.2 Å². The molecule has 0 fully saturated rings. The topological polar surface area (TPSA) is 50.4 Å². The molecule has 0 aliphatic rings. The lowest BCUT2D eigenvalue weighted by molar-refractivity contribution is -0.120. The second-order valence-corrected chi connectivity index (χ2v) is 4.53. The number of benzene rings is 1. The van der Waals surface area contributed by atoms with Gasteiger partial charge in [-0.3, -0.25) is 4.79 Å². The number of hydrogen-bond acceptors (Lipinski definition) is 3. The van der Waals surface area contributed by atoms with Crippen LogP contribution in [-0.4, -0.2) is 32.7 Å². The van der Waals surface area contributed by atoms with Crippen molar-refractivity contribution in [3.05, 3.63) is 34.6 Å². The van der Waals surface area contributed by atoms with E-state index >= 15 is 0 Å². The molecule has 0 aliphatic heterocycles. The lowest BCUT2D eigenvalue weighted by atomic mass is 10.1. The molecule has 0 heterocycles. The Morgan fingerprint density at radius 3 is 2.89 bits per heavy atom. The Balaban J connectivity index is 2.45. The Bertz CT molecular complexity index is 429. The van der Waals surface area contributed by atoms with E-state index < -0.39 is 5.82 Å². The third-order valence-electron chi connectivity index (χ3n) is 2.58. The van der Waals surface area contributed by atoms with E-state index in [4.69, 9.17) is 16.3 Å². The zero-order chi connectivity index (χ0) is 14.3. The van der Waals surface area contributed by atoms with Gasteiger partial charge in [0.15, 0.2) is 0 Å². The summed E-state index contributed by atoms with van der Waals surface area (Å²) in [6.07, 6.45) is 0. The molecule has 1 rings (SSSR count). The SMILES string of the molecule is COCCNCC(=O)NC(C)c1ccc(F)cc1Cl. The fourth-order valence-corrected chi connectivity index (χ4v) is 1.93. The highest BCUT2D eigenvalue weighted by atomic mass is 35.5. The van der Waals surface area contributed by atoms with E-state index in [-0.39, 0.29) is 18.5 Å². The number of amides is 1. The van der Waals surface area contributed by atoms with Crippen molar-refractivity contribution in [3.8, 4) is 0 Å². The number of ether oxygens (including phenoxy) is 1. The van der Waals surface area contributed by atoms with E-state index in [0.717, 1.165) is 0 Å². The first-order chi connectivity index (χ1) is 9.04. The number of nitrogens with one attached hydrogen (secondary N) is 2. The van der Waals surface area contributed by atoms with Gasteiger partial charge < -0.3 is 15.4 Å². The molecule has 19 heavy (non-hydrogen) atoms. The van der Waals surface area contributed by atoms with Gasteiger partial charge in [0.1, 0.15) is 5.82 Å². The van der Waals surface area contributed by atoms with Crippen LogP contribution in [0.5, 0.6) is 0 Å². The molecular formula is C13H18ClFN2O2. The van der Waals surface area contributed by atoms with Crippen LogP contribution in [0.15, 0.2) is 18.2 Å². The summed E-state index contributed by atoms with van der Waals surface area (Å²) in [5, 5.41) is 6.03. The summed E-state index contributed by atoms with van der Waals surface area (Å²) in [6.45, 7) is 3.15. The average molecular weight is 289 g/mol. The maximum absolute atomic E-state index is 12.9. The number of carbonyl (C=O) groups is 1. The maximum Gasteiger partial charge on any atom is 0.234 e. The molecule has 1 atom stereocenters. The van der Waals surface area contributed by atoms with Crippen molar-refractivity contribution in [3.63, 3.8) is 0 Å². The predicted molar refractivity (Wildman–Crippen MR) is 72.7 cm³/mol. The fraction of sp³-hybridized carbons (Fsp3) is 0.462. The van der Waals surface area contributed by atoms with Gasteiger partial charge in [0.2, 0.25) is 5.91 Å². The summed E-state index contributed by atoms with van der Waals surface area (Å²) in [4.78, 5) is 11.6. The second kappa shape index (κ2) is 8.09. The standard InChI is InChI=1S/C13H18ClFN2O2/c1-9(11-4-3-10(15)7-12(11)14)17-13(18)8-16-5-6-19-2/h3-4,7,9,16H,5-6,8H2,1-2H3,(H,17,18). The molecule has 0 aliphatic carbocycles. The van der Waals surface area contributed by atoms with Gasteiger partial charge in [0, 0.05) is 18.7 Å². The highest BCUT2D eigenvalue weighted by molar-refractivity contribution is 6.31. The van der Waals surface area contributed by atoms with Gasteiger partial charge in [-0.05, 0) is 24.6 Å². The predicted octanol–water partition coefficient (Wildman–Crippen LogP) is 1.89. The number of carbonyl (C=O) groups excluding carboxylic acids is 1. The molecule has 1 aromatic rings. The number of methoxy groups -OCH3 is 1. The minimum Gasteiger partial charge on any atom is -0.383 e. The molecule has 0 radical (unpaired) electrons. The van der Waals surface area contributed by atoms with Crippen LogP contribution in [0.4, 0.5) is 4.39 Å². The number of halogens is 2. The molecule has 0 saturated carbocycles. The van der Waals surface area contributed by atoms with E-state index in [1.54, 1.807) is 20.1 Å². The Hall–Kier alpha value is -1.17. The summed E-state index contributed by atoms with van der Waals surface area (Å²) in [5.74, 6) is -0.544. The van der Waals surface area contributed by atoms with Gasteiger partial charge in [-0.25, -0.2) is 4.39 Å². The lowest BCUT2D eigenvalue weighted by Gasteiger charge is -2.16. The minimum atomic E-state index is -0.395. The zero-order valence-electron chi connectivity index (χ0n) is 11.0. The quantitative estimate of drug-likeness (QED) is 0.754. The van der Waals surface area contributed by atoms with E-state index in [0.29, 0.717) is 23.7 Å². The van der Waals surface area contributed by atoms with Gasteiger partial charge >= 0.3 is 0 Å². The van der Waals surface area contributed by atoms with Crippen LogP contribution in [0.2, 0.25) is 5.02 Å². The van der Waals surface area contributed by atoms with E-state index in [1.165, 1.54) is 12.1 Å². The summed E-state index contributed by atoms with van der Waals surface area (Å²) in [5.41, 5.74) is 0.688. The summed E-state index contributed by atoms with van der Waals surface area (Å²) < 4.78 is 17.8. The van der Waals surface area contributed by atoms with Gasteiger partial charge in [-0.2, -0.15) is 0 Å². The molecule has 1 amide bonds. The first-order valence-electron chi connectivity index (χ1n) is 5.98. The first-order valence-corrected chi connectivity index (χ1v) is 6.36. The fourth-order valence-electron chi connectivity index (χ4n) is 1.60. The first kappa shape index (κ1) is 15.9. The van der Waals surface area contributed by atoms with Crippen molar-refractivity contribution < 1.29 is 13.9 Å². The molecule has 106 valence electrons. The molecule has 0 saturated heterocycles. The van der Waals surface area contributed by atoms with E-state index in [9.17, 15) is 9.18 Å². The van der Waals surface area contributed by atoms with Crippen molar-refractivity contribution >= 4 is 17.5 Å². The van der Waals surface area contributed by atoms with Crippen LogP contribution in [-0.2, 0) is 9.53 Å². The molecule has 4 nitrogen and oxygen atoms in total. The number of rotatable bonds is 7. The largest absolute Gasteiger partial charge is 0.383 e. The molecule has 1 aromatic carbocycles. The monoisotopic (exact) mass is 288 g/mol. The summed E-state index contributed by atoms with van der Waals surface area (Å²) >= 11 is 5.93. The Labute approximate surface area is 117 Å². The summed E-state index contributed by atoms with van der Waals surface area (Å²) in [6, 6.07) is 3.85. The van der Waals surface area contributed by atoms with Crippen LogP contribution in [0, 0.1) is 5.82 Å². The average Bonchev–Trinajstić information content (AvgIpc) is 2.34. The molecule has 6 heteroatoms. The molecule has 2 N–H and O–H groups in total. The van der Waals surface area contributed by atoms with Crippen LogP contribution in [0.25, 0.3) is 0 Å². The molecule has 0 spiro atoms. The highest BCUT2D eigenvalue weighted by Gasteiger charge is 2.12. The van der Waals surface area contributed by atoms with Gasteiger partial charge in [-0.1, -0.05) is 17.7 Å². The highest BCUT2D eigenvalue weighted by Crippen LogP contribution is 2.23. The molecule has 0 bridgehead atoms. The van der Waals surface area contributed by atoms with Crippen molar-refractivity contribution in [1.82, 2.24) is 10.6 Å². The second-order valence-electron chi connectivity index (χ2n) is 4.12. The third kappa shape index (κ3) is 5.55. The third-order valence-corrected chi connectivity index (χ3v) is 2.90. The minimum absolute atomic E-state index is 0.149. The van der Waals surface area contributed by atoms with E-state index in [1.807, 2.05) is 0 Å². The van der Waals surface area contributed by atoms with Gasteiger partial charge in [0.25, 0.3) is 0 Å². The van der Waals surface area contributed by atoms with E-state index in [2.05, 4.69) is 10.6 Å². The van der Waals surface area contributed by atoms with Crippen LogP contribution < -0.4 is 10.6 Å². The Morgan fingerprint density at radius 2 is 2.26 bits per heavy atom. The maximum atomic E-state index is 12.9. The Morgan fingerprint density at radius 1 is 1.53 bits per heavy atom. The van der Waals surface area contributed by atoms with Crippen molar-refractivity contribution in [1.29, 1.82) is 0 Å². The van der Waals surface area contributed by atoms with Crippen molar-refractivity contribution in [2.45, 2.75) is 13.0 Å². The summed E-state index contributed by atoms with van der Waals surface area (Å²) in [7, 11) is 1.60. The zero-order valence-corrected chi connectivity index (χ0v) is 11.8. The molecule has 0 aromatic heterocycles. The van der Waals surface area contributed by atoms with Crippen LogP contribution in [0.3, 0.4) is 0 Å². The molecule has 1 unspecified atom stereocenters. The normalized spacial score (nSPS) is 12.2.